The first-order valence-corrected chi connectivity index (χ1v) is 9.01. The molecule has 0 spiro atoms. The smallest absolute Gasteiger partial charge is 0.308 e. The molecule has 8 nitrogen and oxygen atoms in total. The van der Waals surface area contributed by atoms with E-state index < -0.39 is 23.9 Å². The lowest BCUT2D eigenvalue weighted by molar-refractivity contribution is -0.153. The summed E-state index contributed by atoms with van der Waals surface area (Å²) in [6.07, 6.45) is -1.07. The second-order valence-corrected chi connectivity index (χ2v) is 6.36. The molecular weight excluding hydrogens is 370 g/mol. The van der Waals surface area contributed by atoms with Crippen LogP contribution in [0, 0.1) is 0 Å². The molecule has 2 aromatic rings. The first-order valence-electron chi connectivity index (χ1n) is 8.07. The summed E-state index contributed by atoms with van der Waals surface area (Å²) in [6.45, 7) is 1.55. The van der Waals surface area contributed by atoms with Crippen LogP contribution in [0.2, 0.25) is 0 Å². The molecule has 4 N–H and O–H groups in total. The van der Waals surface area contributed by atoms with Crippen LogP contribution in [0.4, 0.5) is 5.69 Å². The summed E-state index contributed by atoms with van der Waals surface area (Å²) in [5.41, 5.74) is 6.43. The maximum Gasteiger partial charge on any atom is 0.308 e. The highest BCUT2D eigenvalue weighted by Gasteiger charge is 2.18. The molecule has 0 aliphatic heterocycles. The SMILES string of the molecule is CC(OC(=O)CCNC(=O)c1ccsc1)C(=O)Nc1ccc(C(N)=O)cc1. The number of nitrogens with two attached hydrogens (primary N) is 1. The molecule has 1 atom stereocenters. The summed E-state index contributed by atoms with van der Waals surface area (Å²) in [5, 5.41) is 8.66. The third-order valence-corrected chi connectivity index (χ3v) is 4.20. The molecule has 1 aromatic heterocycles. The monoisotopic (exact) mass is 389 g/mol. The summed E-state index contributed by atoms with van der Waals surface area (Å²) in [6, 6.07) is 7.68. The maximum atomic E-state index is 12.1. The first-order chi connectivity index (χ1) is 12.9. The van der Waals surface area contributed by atoms with Gasteiger partial charge in [0.25, 0.3) is 11.8 Å². The molecule has 142 valence electrons. The van der Waals surface area contributed by atoms with Crippen molar-refractivity contribution in [1.82, 2.24) is 5.32 Å². The fourth-order valence-electron chi connectivity index (χ4n) is 2.05. The molecule has 27 heavy (non-hydrogen) atoms. The molecule has 0 aliphatic carbocycles. The van der Waals surface area contributed by atoms with E-state index >= 15 is 0 Å². The maximum absolute atomic E-state index is 12.1. The number of primary amides is 1. The largest absolute Gasteiger partial charge is 0.452 e. The van der Waals surface area contributed by atoms with Crippen LogP contribution in [0.5, 0.6) is 0 Å². The molecule has 1 heterocycles. The van der Waals surface area contributed by atoms with E-state index in [1.54, 1.807) is 16.8 Å². The second kappa shape index (κ2) is 9.48. The Morgan fingerprint density at radius 2 is 1.81 bits per heavy atom. The minimum atomic E-state index is -1.01. The molecule has 3 amide bonds. The minimum absolute atomic E-state index is 0.0548. The standard InChI is InChI=1S/C18H19N3O5S/c1-11(17(24)21-14-4-2-12(3-5-14)16(19)23)26-15(22)6-8-20-18(25)13-7-9-27-10-13/h2-5,7,9-11H,6,8H2,1H3,(H2,19,23)(H,20,25)(H,21,24). The van der Waals surface area contributed by atoms with Gasteiger partial charge >= 0.3 is 5.97 Å². The zero-order chi connectivity index (χ0) is 19.8. The predicted molar refractivity (Wildman–Crippen MR) is 100 cm³/mol. The topological polar surface area (TPSA) is 128 Å². The number of esters is 1. The Morgan fingerprint density at radius 3 is 2.41 bits per heavy atom. The average molecular weight is 389 g/mol. The van der Waals surface area contributed by atoms with Crippen molar-refractivity contribution in [3.8, 4) is 0 Å². The van der Waals surface area contributed by atoms with E-state index in [4.69, 9.17) is 10.5 Å². The fraction of sp³-hybridized carbons (Fsp3) is 0.222. The lowest BCUT2D eigenvalue weighted by Gasteiger charge is -2.14. The molecule has 0 fully saturated rings. The van der Waals surface area contributed by atoms with Crippen LogP contribution >= 0.6 is 11.3 Å². The summed E-state index contributed by atoms with van der Waals surface area (Å²) in [7, 11) is 0. The molecular formula is C18H19N3O5S. The van der Waals surface area contributed by atoms with Gasteiger partial charge in [-0.3, -0.25) is 19.2 Å². The highest BCUT2D eigenvalue weighted by Crippen LogP contribution is 2.10. The van der Waals surface area contributed by atoms with Crippen molar-refractivity contribution in [3.05, 3.63) is 52.2 Å². The van der Waals surface area contributed by atoms with Crippen LogP contribution in [-0.2, 0) is 14.3 Å². The van der Waals surface area contributed by atoms with Crippen LogP contribution < -0.4 is 16.4 Å². The Labute approximate surface area is 159 Å². The Hall–Kier alpha value is -3.20. The quantitative estimate of drug-likeness (QED) is 0.590. The normalized spacial score (nSPS) is 11.3. The molecule has 2 rings (SSSR count). The number of hydrogen-bond donors (Lipinski definition) is 3. The van der Waals surface area contributed by atoms with Crippen molar-refractivity contribution in [2.45, 2.75) is 19.4 Å². The summed E-state index contributed by atoms with van der Waals surface area (Å²) in [4.78, 5) is 46.6. The van der Waals surface area contributed by atoms with Crippen LogP contribution in [0.3, 0.4) is 0 Å². The number of thiophene rings is 1. The van der Waals surface area contributed by atoms with Gasteiger partial charge in [0, 0.05) is 28.7 Å². The molecule has 0 radical (unpaired) electrons. The van der Waals surface area contributed by atoms with E-state index in [1.807, 2.05) is 0 Å². The number of amides is 3. The van der Waals surface area contributed by atoms with Crippen LogP contribution in [0.15, 0.2) is 41.1 Å². The minimum Gasteiger partial charge on any atom is -0.452 e. The van der Waals surface area contributed by atoms with E-state index in [0.717, 1.165) is 0 Å². The fourth-order valence-corrected chi connectivity index (χ4v) is 2.68. The number of rotatable bonds is 8. The van der Waals surface area contributed by atoms with Crippen molar-refractivity contribution in [2.24, 2.45) is 5.73 Å². The van der Waals surface area contributed by atoms with Crippen LogP contribution in [0.25, 0.3) is 0 Å². The summed E-state index contributed by atoms with van der Waals surface area (Å²) in [5.74, 6) is -1.96. The Kier molecular flexibility index (Phi) is 7.07. The highest BCUT2D eigenvalue weighted by molar-refractivity contribution is 7.08. The summed E-state index contributed by atoms with van der Waals surface area (Å²) >= 11 is 1.40. The lowest BCUT2D eigenvalue weighted by Crippen LogP contribution is -2.32. The van der Waals surface area contributed by atoms with Gasteiger partial charge < -0.3 is 21.1 Å². The van der Waals surface area contributed by atoms with Crippen molar-refractivity contribution < 1.29 is 23.9 Å². The predicted octanol–water partition coefficient (Wildman–Crippen LogP) is 1.54. The second-order valence-electron chi connectivity index (χ2n) is 5.58. The molecule has 1 aromatic carbocycles. The Bertz CT molecular complexity index is 818. The van der Waals surface area contributed by atoms with Crippen molar-refractivity contribution >= 4 is 40.7 Å². The van der Waals surface area contributed by atoms with E-state index in [1.165, 1.54) is 42.5 Å². The van der Waals surface area contributed by atoms with E-state index in [0.29, 0.717) is 16.8 Å². The van der Waals surface area contributed by atoms with Gasteiger partial charge in [0.05, 0.1) is 6.42 Å². The van der Waals surface area contributed by atoms with Gasteiger partial charge in [-0.25, -0.2) is 0 Å². The number of benzene rings is 1. The highest BCUT2D eigenvalue weighted by atomic mass is 32.1. The molecule has 9 heteroatoms. The van der Waals surface area contributed by atoms with Crippen molar-refractivity contribution in [3.63, 3.8) is 0 Å². The number of nitrogens with one attached hydrogen (secondary N) is 2. The zero-order valence-corrected chi connectivity index (χ0v) is 15.4. The number of ether oxygens (including phenoxy) is 1. The Morgan fingerprint density at radius 1 is 1.11 bits per heavy atom. The Balaban J connectivity index is 1.73. The van der Waals surface area contributed by atoms with E-state index in [2.05, 4.69) is 10.6 Å². The van der Waals surface area contributed by atoms with Gasteiger partial charge in [-0.15, -0.1) is 0 Å². The van der Waals surface area contributed by atoms with E-state index in [9.17, 15) is 19.2 Å². The van der Waals surface area contributed by atoms with Gasteiger partial charge in [-0.1, -0.05) is 0 Å². The first kappa shape index (κ1) is 20.1. The van der Waals surface area contributed by atoms with Gasteiger partial charge in [0.1, 0.15) is 0 Å². The number of carbonyl (C=O) groups is 4. The van der Waals surface area contributed by atoms with E-state index in [-0.39, 0.29) is 18.9 Å². The third-order valence-electron chi connectivity index (χ3n) is 3.51. The van der Waals surface area contributed by atoms with Gasteiger partial charge in [-0.2, -0.15) is 11.3 Å². The number of carbonyl (C=O) groups excluding carboxylic acids is 4. The molecule has 0 saturated carbocycles. The lowest BCUT2D eigenvalue weighted by atomic mass is 10.2. The zero-order valence-electron chi connectivity index (χ0n) is 14.6. The molecule has 0 aliphatic rings. The third kappa shape index (κ3) is 6.23. The molecule has 0 bridgehead atoms. The van der Waals surface area contributed by atoms with Gasteiger partial charge in [0.2, 0.25) is 5.91 Å². The number of hydrogen-bond acceptors (Lipinski definition) is 6. The number of anilines is 1. The summed E-state index contributed by atoms with van der Waals surface area (Å²) < 4.78 is 5.04. The van der Waals surface area contributed by atoms with Crippen molar-refractivity contribution in [1.29, 1.82) is 0 Å². The van der Waals surface area contributed by atoms with Crippen LogP contribution in [-0.4, -0.2) is 36.3 Å². The van der Waals surface area contributed by atoms with Crippen molar-refractivity contribution in [2.75, 3.05) is 11.9 Å². The van der Waals surface area contributed by atoms with Gasteiger partial charge in [-0.05, 0) is 42.6 Å². The van der Waals surface area contributed by atoms with Gasteiger partial charge in [0.15, 0.2) is 6.10 Å². The molecule has 1 unspecified atom stereocenters. The average Bonchev–Trinajstić information content (AvgIpc) is 3.16. The molecule has 0 saturated heterocycles. The van der Waals surface area contributed by atoms with Crippen LogP contribution in [0.1, 0.15) is 34.1 Å².